The maximum Gasteiger partial charge on any atom is 0.387 e. The molecule has 32 heavy (non-hydrogen) atoms. The molecule has 1 N–H and O–H groups in total. The molecule has 168 valence electrons. The number of carbonyl (C=O) groups is 1. The minimum atomic E-state index is -3.49. The van der Waals surface area contributed by atoms with E-state index in [1.807, 2.05) is 0 Å². The number of nitrogens with one attached hydrogen (secondary N) is 1. The molecule has 6 nitrogen and oxygen atoms in total. The molecule has 3 aromatic carbocycles. The van der Waals surface area contributed by atoms with E-state index in [2.05, 4.69) is 10.1 Å². The molecule has 0 saturated heterocycles. The Bertz CT molecular complexity index is 1240. The minimum absolute atomic E-state index is 0.0212. The molecule has 3 aromatic rings. The summed E-state index contributed by atoms with van der Waals surface area (Å²) in [6, 6.07) is 15.3. The van der Waals surface area contributed by atoms with Crippen LogP contribution in [0.3, 0.4) is 0 Å². The highest BCUT2D eigenvalue weighted by Crippen LogP contribution is 2.35. The predicted molar refractivity (Wildman–Crippen MR) is 117 cm³/mol. The van der Waals surface area contributed by atoms with E-state index in [-0.39, 0.29) is 16.2 Å². The molecule has 9 heteroatoms. The highest BCUT2D eigenvalue weighted by molar-refractivity contribution is 7.90. The van der Waals surface area contributed by atoms with Crippen LogP contribution in [0.2, 0.25) is 0 Å². The van der Waals surface area contributed by atoms with Gasteiger partial charge in [0.25, 0.3) is 5.91 Å². The van der Waals surface area contributed by atoms with Crippen LogP contribution in [0.15, 0.2) is 65.6 Å². The first-order valence-electron chi connectivity index (χ1n) is 9.44. The topological polar surface area (TPSA) is 81.7 Å². The van der Waals surface area contributed by atoms with Gasteiger partial charge in [-0.15, -0.1) is 0 Å². The quantitative estimate of drug-likeness (QED) is 0.540. The van der Waals surface area contributed by atoms with Crippen LogP contribution < -0.4 is 14.8 Å². The van der Waals surface area contributed by atoms with Crippen LogP contribution in [0, 0.1) is 6.92 Å². The van der Waals surface area contributed by atoms with E-state index in [1.54, 1.807) is 37.3 Å². The minimum Gasteiger partial charge on any atom is -0.497 e. The van der Waals surface area contributed by atoms with Crippen molar-refractivity contribution in [2.24, 2.45) is 0 Å². The SMILES string of the molecule is COc1ccc(-c2cc(NC(=O)c3cc(S(C)(=O)=O)ccc3C)ccc2OC(F)F)cc1. The summed E-state index contributed by atoms with van der Waals surface area (Å²) in [5.74, 6) is 0.00500. The van der Waals surface area contributed by atoms with Crippen molar-refractivity contribution in [1.29, 1.82) is 0 Å². The van der Waals surface area contributed by atoms with Crippen molar-refractivity contribution < 1.29 is 31.5 Å². The summed E-state index contributed by atoms with van der Waals surface area (Å²) in [6.45, 7) is -1.34. The summed E-state index contributed by atoms with van der Waals surface area (Å²) in [7, 11) is -1.98. The Morgan fingerprint density at radius 1 is 1.00 bits per heavy atom. The number of rotatable bonds is 7. The number of halogens is 2. The van der Waals surface area contributed by atoms with E-state index >= 15 is 0 Å². The molecule has 0 aliphatic rings. The highest BCUT2D eigenvalue weighted by Gasteiger charge is 2.17. The number of hydrogen-bond donors (Lipinski definition) is 1. The Balaban J connectivity index is 1.97. The van der Waals surface area contributed by atoms with Gasteiger partial charge in [0.15, 0.2) is 9.84 Å². The molecule has 3 rings (SSSR count). The van der Waals surface area contributed by atoms with Crippen LogP contribution in [0.5, 0.6) is 11.5 Å². The maximum atomic E-state index is 12.9. The van der Waals surface area contributed by atoms with Gasteiger partial charge >= 0.3 is 6.61 Å². The monoisotopic (exact) mass is 461 g/mol. The Morgan fingerprint density at radius 2 is 1.69 bits per heavy atom. The second kappa shape index (κ2) is 9.35. The van der Waals surface area contributed by atoms with Crippen LogP contribution in [0.1, 0.15) is 15.9 Å². The number of anilines is 1. The van der Waals surface area contributed by atoms with Gasteiger partial charge < -0.3 is 14.8 Å². The van der Waals surface area contributed by atoms with Crippen LogP contribution in [-0.4, -0.2) is 34.3 Å². The Kier molecular flexibility index (Phi) is 6.78. The van der Waals surface area contributed by atoms with E-state index in [0.717, 1.165) is 6.26 Å². The van der Waals surface area contributed by atoms with Crippen LogP contribution >= 0.6 is 0 Å². The number of hydrogen-bond acceptors (Lipinski definition) is 5. The van der Waals surface area contributed by atoms with Crippen molar-refractivity contribution in [3.8, 4) is 22.6 Å². The largest absolute Gasteiger partial charge is 0.497 e. The lowest BCUT2D eigenvalue weighted by atomic mass is 10.0. The molecule has 0 fully saturated rings. The molecular formula is C23H21F2NO5S. The van der Waals surface area contributed by atoms with Crippen molar-refractivity contribution in [1.82, 2.24) is 0 Å². The average molecular weight is 461 g/mol. The number of carbonyl (C=O) groups excluding carboxylic acids is 1. The number of alkyl halides is 2. The molecule has 0 unspecified atom stereocenters. The fourth-order valence-electron chi connectivity index (χ4n) is 3.08. The first kappa shape index (κ1) is 23.2. The normalized spacial score (nSPS) is 11.3. The molecular weight excluding hydrogens is 440 g/mol. The van der Waals surface area contributed by atoms with Gasteiger partial charge in [0.1, 0.15) is 11.5 Å². The zero-order valence-corrected chi connectivity index (χ0v) is 18.4. The number of aryl methyl sites for hydroxylation is 1. The van der Waals surface area contributed by atoms with Gasteiger partial charge in [0.2, 0.25) is 0 Å². The lowest BCUT2D eigenvalue weighted by Crippen LogP contribution is -2.14. The summed E-state index contributed by atoms with van der Waals surface area (Å²) >= 11 is 0. The molecule has 0 radical (unpaired) electrons. The standard InChI is InChI=1S/C23H21F2NO5S/c1-14-4-10-18(32(3,28)29)13-19(14)22(27)26-16-7-11-21(31-23(24)25)20(12-16)15-5-8-17(30-2)9-6-15/h4-13,23H,1-3H3,(H,26,27). The number of ether oxygens (including phenoxy) is 2. The van der Waals surface area contributed by atoms with E-state index in [0.29, 0.717) is 28.1 Å². The molecule has 0 spiro atoms. The summed E-state index contributed by atoms with van der Waals surface area (Å²) in [4.78, 5) is 12.9. The van der Waals surface area contributed by atoms with Gasteiger partial charge in [0.05, 0.1) is 12.0 Å². The highest BCUT2D eigenvalue weighted by atomic mass is 32.2. The molecule has 1 amide bonds. The number of sulfone groups is 1. The predicted octanol–water partition coefficient (Wildman–Crippen LogP) is 4.93. The van der Waals surface area contributed by atoms with Crippen molar-refractivity contribution in [2.75, 3.05) is 18.7 Å². The smallest absolute Gasteiger partial charge is 0.387 e. The Hall–Kier alpha value is -3.46. The van der Waals surface area contributed by atoms with Crippen molar-refractivity contribution in [2.45, 2.75) is 18.4 Å². The Morgan fingerprint density at radius 3 is 2.28 bits per heavy atom. The maximum absolute atomic E-state index is 12.9. The van der Waals surface area contributed by atoms with Crippen molar-refractivity contribution in [3.05, 3.63) is 71.8 Å². The van der Waals surface area contributed by atoms with Gasteiger partial charge in [-0.2, -0.15) is 8.78 Å². The third-order valence-electron chi connectivity index (χ3n) is 4.74. The second-order valence-electron chi connectivity index (χ2n) is 7.02. The fourth-order valence-corrected chi connectivity index (χ4v) is 3.72. The first-order valence-corrected chi connectivity index (χ1v) is 11.3. The third kappa shape index (κ3) is 5.42. The van der Waals surface area contributed by atoms with Gasteiger partial charge in [-0.25, -0.2) is 8.42 Å². The van der Waals surface area contributed by atoms with E-state index in [4.69, 9.17) is 4.74 Å². The van der Waals surface area contributed by atoms with Gasteiger partial charge in [-0.3, -0.25) is 4.79 Å². The molecule has 0 saturated carbocycles. The number of amides is 1. The molecule has 0 aliphatic heterocycles. The fraction of sp³-hybridized carbons (Fsp3) is 0.174. The van der Waals surface area contributed by atoms with Gasteiger partial charge in [-0.1, -0.05) is 18.2 Å². The molecule has 0 aromatic heterocycles. The molecule has 0 heterocycles. The lowest BCUT2D eigenvalue weighted by molar-refractivity contribution is -0.0494. The lowest BCUT2D eigenvalue weighted by Gasteiger charge is -2.14. The molecule has 0 aliphatic carbocycles. The summed E-state index contributed by atoms with van der Waals surface area (Å²) in [5.41, 5.74) is 2.02. The summed E-state index contributed by atoms with van der Waals surface area (Å²) in [6.07, 6.45) is 1.06. The van der Waals surface area contributed by atoms with Crippen LogP contribution in [0.4, 0.5) is 14.5 Å². The summed E-state index contributed by atoms with van der Waals surface area (Å²) in [5, 5.41) is 2.69. The average Bonchev–Trinajstić information content (AvgIpc) is 2.74. The van der Waals surface area contributed by atoms with Gasteiger partial charge in [-0.05, 0) is 60.5 Å². The van der Waals surface area contributed by atoms with Gasteiger partial charge in [0, 0.05) is 23.1 Å². The molecule has 0 atom stereocenters. The first-order chi connectivity index (χ1) is 15.1. The zero-order valence-electron chi connectivity index (χ0n) is 17.6. The number of benzene rings is 3. The molecule has 0 bridgehead atoms. The third-order valence-corrected chi connectivity index (χ3v) is 5.85. The zero-order chi connectivity index (χ0) is 23.5. The van der Waals surface area contributed by atoms with E-state index < -0.39 is 22.4 Å². The number of methoxy groups -OCH3 is 1. The van der Waals surface area contributed by atoms with E-state index in [1.165, 1.54) is 37.4 Å². The van der Waals surface area contributed by atoms with Crippen LogP contribution in [0.25, 0.3) is 11.1 Å². The second-order valence-corrected chi connectivity index (χ2v) is 9.04. The van der Waals surface area contributed by atoms with Crippen LogP contribution in [-0.2, 0) is 9.84 Å². The van der Waals surface area contributed by atoms with E-state index in [9.17, 15) is 22.0 Å². The van der Waals surface area contributed by atoms with Crippen molar-refractivity contribution >= 4 is 21.4 Å². The Labute approximate surface area is 184 Å². The van der Waals surface area contributed by atoms with Crippen molar-refractivity contribution in [3.63, 3.8) is 0 Å². The summed E-state index contributed by atoms with van der Waals surface area (Å²) < 4.78 is 59.2.